The standard InChI is InChI=1S/C13H22BrN3O2/c1-13(2,3)12-15-10(14)6-11(16-12)17(4)7-9(18)8-19-5/h6,9,18H,7-8H2,1-5H3. The van der Waals surface area contributed by atoms with Gasteiger partial charge < -0.3 is 14.7 Å². The maximum atomic E-state index is 9.76. The molecule has 0 radical (unpaired) electrons. The van der Waals surface area contributed by atoms with E-state index in [0.717, 1.165) is 16.2 Å². The van der Waals surface area contributed by atoms with Crippen LogP contribution in [0.1, 0.15) is 26.6 Å². The molecule has 1 atom stereocenters. The smallest absolute Gasteiger partial charge is 0.137 e. The minimum absolute atomic E-state index is 0.121. The van der Waals surface area contributed by atoms with E-state index in [1.54, 1.807) is 7.11 Å². The van der Waals surface area contributed by atoms with Gasteiger partial charge in [0.1, 0.15) is 16.2 Å². The number of ether oxygens (including phenoxy) is 1. The van der Waals surface area contributed by atoms with Crippen LogP contribution < -0.4 is 4.90 Å². The second-order valence-electron chi connectivity index (χ2n) is 5.61. The lowest BCUT2D eigenvalue weighted by Crippen LogP contribution is -2.33. The zero-order valence-corrected chi connectivity index (χ0v) is 13.7. The van der Waals surface area contributed by atoms with Crippen molar-refractivity contribution in [3.63, 3.8) is 0 Å². The molecule has 0 fully saturated rings. The van der Waals surface area contributed by atoms with Crippen LogP contribution in [0.25, 0.3) is 0 Å². The van der Waals surface area contributed by atoms with Gasteiger partial charge in [-0.2, -0.15) is 0 Å². The number of likely N-dealkylation sites (N-methyl/N-ethyl adjacent to an activating group) is 1. The van der Waals surface area contributed by atoms with Crippen LogP contribution in [0.5, 0.6) is 0 Å². The van der Waals surface area contributed by atoms with E-state index in [1.165, 1.54) is 0 Å². The topological polar surface area (TPSA) is 58.5 Å². The van der Waals surface area contributed by atoms with Crippen LogP contribution in [0.3, 0.4) is 0 Å². The SMILES string of the molecule is COCC(O)CN(C)c1cc(Br)nc(C(C)(C)C)n1. The highest BCUT2D eigenvalue weighted by Gasteiger charge is 2.20. The fraction of sp³-hybridized carbons (Fsp3) is 0.692. The molecule has 0 bridgehead atoms. The Hall–Kier alpha value is -0.720. The summed E-state index contributed by atoms with van der Waals surface area (Å²) in [7, 11) is 3.46. The molecule has 1 unspecified atom stereocenters. The minimum Gasteiger partial charge on any atom is -0.389 e. The molecule has 0 aliphatic carbocycles. The van der Waals surface area contributed by atoms with E-state index >= 15 is 0 Å². The summed E-state index contributed by atoms with van der Waals surface area (Å²) < 4.78 is 5.67. The highest BCUT2D eigenvalue weighted by atomic mass is 79.9. The molecule has 0 spiro atoms. The number of aromatic nitrogens is 2. The molecule has 5 nitrogen and oxygen atoms in total. The Labute approximate surface area is 123 Å². The predicted molar refractivity (Wildman–Crippen MR) is 79.6 cm³/mol. The van der Waals surface area contributed by atoms with Crippen LogP contribution in [0, 0.1) is 0 Å². The maximum Gasteiger partial charge on any atom is 0.137 e. The highest BCUT2D eigenvalue weighted by molar-refractivity contribution is 9.10. The normalized spacial score (nSPS) is 13.4. The average Bonchev–Trinajstić information content (AvgIpc) is 2.27. The van der Waals surface area contributed by atoms with Gasteiger partial charge in [0.05, 0.1) is 12.7 Å². The lowest BCUT2D eigenvalue weighted by Gasteiger charge is -2.24. The van der Waals surface area contributed by atoms with Gasteiger partial charge in [-0.15, -0.1) is 0 Å². The van der Waals surface area contributed by atoms with Gasteiger partial charge in [0.2, 0.25) is 0 Å². The summed E-state index contributed by atoms with van der Waals surface area (Å²) in [6.45, 7) is 6.97. The second kappa shape index (κ2) is 6.63. The molecule has 0 saturated heterocycles. The van der Waals surface area contributed by atoms with Crippen LogP contribution in [0.4, 0.5) is 5.82 Å². The lowest BCUT2D eigenvalue weighted by molar-refractivity contribution is 0.0694. The Balaban J connectivity index is 2.91. The molecule has 19 heavy (non-hydrogen) atoms. The lowest BCUT2D eigenvalue weighted by atomic mass is 9.96. The summed E-state index contributed by atoms with van der Waals surface area (Å²) in [5.41, 5.74) is -0.121. The summed E-state index contributed by atoms with van der Waals surface area (Å²) in [6.07, 6.45) is -0.540. The third-order valence-electron chi connectivity index (χ3n) is 2.59. The fourth-order valence-electron chi connectivity index (χ4n) is 1.59. The number of aliphatic hydroxyl groups is 1. The highest BCUT2D eigenvalue weighted by Crippen LogP contribution is 2.23. The van der Waals surface area contributed by atoms with Gasteiger partial charge in [0, 0.05) is 32.2 Å². The molecule has 0 aliphatic rings. The van der Waals surface area contributed by atoms with E-state index in [1.807, 2.05) is 18.0 Å². The quantitative estimate of drug-likeness (QED) is 0.836. The first-order chi connectivity index (χ1) is 8.74. The maximum absolute atomic E-state index is 9.76. The molecular weight excluding hydrogens is 310 g/mol. The number of nitrogens with zero attached hydrogens (tertiary/aromatic N) is 3. The van der Waals surface area contributed by atoms with Gasteiger partial charge in [-0.1, -0.05) is 20.8 Å². The van der Waals surface area contributed by atoms with E-state index in [-0.39, 0.29) is 5.41 Å². The Kier molecular flexibility index (Phi) is 5.70. The van der Waals surface area contributed by atoms with Crippen LogP contribution in [0.2, 0.25) is 0 Å². The van der Waals surface area contributed by atoms with Crippen molar-refractivity contribution in [3.05, 3.63) is 16.5 Å². The number of hydrogen-bond acceptors (Lipinski definition) is 5. The molecule has 0 aromatic carbocycles. The zero-order chi connectivity index (χ0) is 14.6. The Morgan fingerprint density at radius 2 is 2.05 bits per heavy atom. The molecule has 0 saturated carbocycles. The molecule has 1 aromatic rings. The third kappa shape index (κ3) is 5.04. The minimum atomic E-state index is -0.540. The van der Waals surface area contributed by atoms with E-state index in [4.69, 9.17) is 4.74 Å². The number of aliphatic hydroxyl groups excluding tert-OH is 1. The van der Waals surface area contributed by atoms with Crippen molar-refractivity contribution < 1.29 is 9.84 Å². The molecule has 0 amide bonds. The summed E-state index contributed by atoms with van der Waals surface area (Å²) in [4.78, 5) is 10.8. The van der Waals surface area contributed by atoms with E-state index in [0.29, 0.717) is 13.2 Å². The van der Waals surface area contributed by atoms with Gasteiger partial charge in [0.25, 0.3) is 0 Å². The van der Waals surface area contributed by atoms with Gasteiger partial charge in [-0.05, 0) is 15.9 Å². The number of hydrogen-bond donors (Lipinski definition) is 1. The molecule has 1 rings (SSSR count). The first-order valence-electron chi connectivity index (χ1n) is 6.17. The largest absolute Gasteiger partial charge is 0.389 e. The molecule has 1 heterocycles. The third-order valence-corrected chi connectivity index (χ3v) is 2.99. The van der Waals surface area contributed by atoms with Gasteiger partial charge >= 0.3 is 0 Å². The summed E-state index contributed by atoms with van der Waals surface area (Å²) in [6, 6.07) is 1.84. The molecule has 1 N–H and O–H groups in total. The molecule has 1 aromatic heterocycles. The van der Waals surface area contributed by atoms with Crippen LogP contribution >= 0.6 is 15.9 Å². The van der Waals surface area contributed by atoms with Crippen molar-refractivity contribution in [2.75, 3.05) is 32.2 Å². The molecule has 6 heteroatoms. The summed E-state index contributed by atoms with van der Waals surface area (Å²) in [5.74, 6) is 1.55. The van der Waals surface area contributed by atoms with Gasteiger partial charge in [0.15, 0.2) is 0 Å². The Bertz CT molecular complexity index is 421. The van der Waals surface area contributed by atoms with Crippen LogP contribution in [0.15, 0.2) is 10.7 Å². The molecular formula is C13H22BrN3O2. The second-order valence-corrected chi connectivity index (χ2v) is 6.42. The van der Waals surface area contributed by atoms with E-state index in [2.05, 4.69) is 46.7 Å². The van der Waals surface area contributed by atoms with Crippen LogP contribution in [-0.4, -0.2) is 48.5 Å². The van der Waals surface area contributed by atoms with E-state index in [9.17, 15) is 5.11 Å². The Morgan fingerprint density at radius 3 is 2.58 bits per heavy atom. The first-order valence-corrected chi connectivity index (χ1v) is 6.96. The van der Waals surface area contributed by atoms with Crippen LogP contribution in [-0.2, 0) is 10.2 Å². The number of anilines is 1. The zero-order valence-electron chi connectivity index (χ0n) is 12.1. The number of rotatable bonds is 5. The van der Waals surface area contributed by atoms with E-state index < -0.39 is 6.10 Å². The molecule has 108 valence electrons. The summed E-state index contributed by atoms with van der Waals surface area (Å²) >= 11 is 3.41. The van der Waals surface area contributed by atoms with Crippen molar-refractivity contribution in [3.8, 4) is 0 Å². The number of halogens is 1. The van der Waals surface area contributed by atoms with Crippen molar-refractivity contribution in [2.45, 2.75) is 32.3 Å². The van der Waals surface area contributed by atoms with Crippen molar-refractivity contribution >= 4 is 21.7 Å². The fourth-order valence-corrected chi connectivity index (χ4v) is 1.96. The average molecular weight is 332 g/mol. The number of methoxy groups -OCH3 is 1. The summed E-state index contributed by atoms with van der Waals surface area (Å²) in [5, 5.41) is 9.76. The van der Waals surface area contributed by atoms with Crippen molar-refractivity contribution in [1.82, 2.24) is 9.97 Å². The predicted octanol–water partition coefficient (Wildman–Crippen LogP) is 1.98. The first kappa shape index (κ1) is 16.3. The monoisotopic (exact) mass is 331 g/mol. The van der Waals surface area contributed by atoms with Crippen molar-refractivity contribution in [1.29, 1.82) is 0 Å². The Morgan fingerprint density at radius 1 is 1.42 bits per heavy atom. The van der Waals surface area contributed by atoms with Gasteiger partial charge in [-0.25, -0.2) is 9.97 Å². The van der Waals surface area contributed by atoms with Crippen molar-refractivity contribution in [2.24, 2.45) is 0 Å². The molecule has 0 aliphatic heterocycles. The van der Waals surface area contributed by atoms with Gasteiger partial charge in [-0.3, -0.25) is 0 Å².